The van der Waals surface area contributed by atoms with E-state index in [4.69, 9.17) is 16.0 Å². The van der Waals surface area contributed by atoms with Crippen LogP contribution >= 0.6 is 11.6 Å². The van der Waals surface area contributed by atoms with Crippen LogP contribution in [0.2, 0.25) is 5.02 Å². The Kier molecular flexibility index (Phi) is 5.92. The molecule has 0 aliphatic rings. The highest BCUT2D eigenvalue weighted by molar-refractivity contribution is 6.31. The largest absolute Gasteiger partial charge is 0.439 e. The van der Waals surface area contributed by atoms with Gasteiger partial charge in [0.2, 0.25) is 5.89 Å². The Morgan fingerprint density at radius 1 is 0.788 bits per heavy atom. The molecular weight excluding hydrogens is 432 g/mol. The molecule has 1 heterocycles. The van der Waals surface area contributed by atoms with Crippen LogP contribution in [0, 0.1) is 0 Å². The molecule has 0 saturated heterocycles. The number of amides is 1. The molecule has 0 aliphatic heterocycles. The molecule has 5 rings (SSSR count). The van der Waals surface area contributed by atoms with E-state index < -0.39 is 0 Å². The molecule has 0 spiro atoms. The number of halogens is 1. The minimum Gasteiger partial charge on any atom is -0.439 e. The van der Waals surface area contributed by atoms with Gasteiger partial charge in [-0.05, 0) is 47.0 Å². The van der Waals surface area contributed by atoms with E-state index in [0.717, 1.165) is 16.7 Å². The third kappa shape index (κ3) is 4.81. The van der Waals surface area contributed by atoms with Crippen LogP contribution in [0.1, 0.15) is 21.8 Å². The predicted octanol–water partition coefficient (Wildman–Crippen LogP) is 6.99. The third-order valence-corrected chi connectivity index (χ3v) is 5.70. The van der Waals surface area contributed by atoms with Crippen LogP contribution in [-0.4, -0.2) is 15.8 Å². The van der Waals surface area contributed by atoms with Gasteiger partial charge < -0.3 is 9.32 Å². The van der Waals surface area contributed by atoms with Gasteiger partial charge in [0, 0.05) is 17.1 Å². The van der Waals surface area contributed by atoms with Crippen LogP contribution in [0.3, 0.4) is 0 Å². The zero-order valence-electron chi connectivity index (χ0n) is 17.8. The van der Waals surface area contributed by atoms with Crippen molar-refractivity contribution in [2.45, 2.75) is 13.1 Å². The molecule has 0 bridgehead atoms. The normalized spacial score (nSPS) is 10.9. The molecule has 1 aromatic heterocycles. The van der Waals surface area contributed by atoms with Crippen molar-refractivity contribution in [3.63, 3.8) is 0 Å². The monoisotopic (exact) mass is 452 g/mol. The van der Waals surface area contributed by atoms with E-state index in [1.165, 1.54) is 0 Å². The number of oxazole rings is 1. The van der Waals surface area contributed by atoms with Crippen molar-refractivity contribution in [2.24, 2.45) is 0 Å². The molecular formula is C28H21ClN2O2. The van der Waals surface area contributed by atoms with Gasteiger partial charge in [-0.3, -0.25) is 4.79 Å². The van der Waals surface area contributed by atoms with Crippen LogP contribution in [-0.2, 0) is 13.1 Å². The number of carbonyl (C=O) groups excluding carboxylic acids is 1. The summed E-state index contributed by atoms with van der Waals surface area (Å²) in [4.78, 5) is 19.8. The van der Waals surface area contributed by atoms with Crippen molar-refractivity contribution < 1.29 is 9.21 Å². The van der Waals surface area contributed by atoms with Gasteiger partial charge in [0.25, 0.3) is 5.91 Å². The van der Waals surface area contributed by atoms with E-state index >= 15 is 0 Å². The highest BCUT2D eigenvalue weighted by Crippen LogP contribution is 2.23. The van der Waals surface area contributed by atoms with Gasteiger partial charge in [-0.15, -0.1) is 0 Å². The molecule has 1 amide bonds. The first kappa shape index (κ1) is 21.0. The second kappa shape index (κ2) is 9.31. The van der Waals surface area contributed by atoms with Crippen molar-refractivity contribution in [2.75, 3.05) is 0 Å². The van der Waals surface area contributed by atoms with Crippen LogP contribution in [0.4, 0.5) is 0 Å². The summed E-state index contributed by atoms with van der Waals surface area (Å²) in [5, 5.41) is 0.595. The van der Waals surface area contributed by atoms with Gasteiger partial charge in [0.05, 0.1) is 6.54 Å². The molecule has 0 aliphatic carbocycles. The smallest absolute Gasteiger partial charge is 0.254 e. The molecule has 4 nitrogen and oxygen atoms in total. The molecule has 0 N–H and O–H groups in total. The molecule has 0 saturated carbocycles. The fraction of sp³-hybridized carbons (Fsp3) is 0.0714. The predicted molar refractivity (Wildman–Crippen MR) is 131 cm³/mol. The number of carbonyl (C=O) groups is 1. The zero-order chi connectivity index (χ0) is 22.6. The van der Waals surface area contributed by atoms with Gasteiger partial charge in [-0.2, -0.15) is 0 Å². The average molecular weight is 453 g/mol. The minimum absolute atomic E-state index is 0.0845. The van der Waals surface area contributed by atoms with Crippen molar-refractivity contribution in [1.29, 1.82) is 0 Å². The summed E-state index contributed by atoms with van der Waals surface area (Å²) in [7, 11) is 0. The molecule has 5 heteroatoms. The standard InChI is InChI=1S/C28H21ClN2O2/c29-24-15-16-26-25(17-24)30-27(33-26)19-31(18-20-7-3-1-4-8-20)28(32)23-13-11-22(12-14-23)21-9-5-2-6-10-21/h1-17H,18-19H2. The molecule has 0 radical (unpaired) electrons. The Labute approximate surface area is 197 Å². The van der Waals surface area contributed by atoms with E-state index in [1.54, 1.807) is 23.1 Å². The van der Waals surface area contributed by atoms with Gasteiger partial charge in [0.1, 0.15) is 5.52 Å². The summed E-state index contributed by atoms with van der Waals surface area (Å²) in [6.45, 7) is 0.694. The second-order valence-corrected chi connectivity index (χ2v) is 8.25. The van der Waals surface area contributed by atoms with Gasteiger partial charge in [-0.1, -0.05) is 84.4 Å². The topological polar surface area (TPSA) is 46.3 Å². The van der Waals surface area contributed by atoms with E-state index in [9.17, 15) is 4.79 Å². The third-order valence-electron chi connectivity index (χ3n) is 5.46. The lowest BCUT2D eigenvalue weighted by Gasteiger charge is -2.21. The van der Waals surface area contributed by atoms with Crippen LogP contribution in [0.5, 0.6) is 0 Å². The Morgan fingerprint density at radius 3 is 2.18 bits per heavy atom. The van der Waals surface area contributed by atoms with E-state index in [2.05, 4.69) is 17.1 Å². The molecule has 33 heavy (non-hydrogen) atoms. The molecule has 162 valence electrons. The summed E-state index contributed by atoms with van der Waals surface area (Å²) >= 11 is 6.08. The number of hydrogen-bond acceptors (Lipinski definition) is 3. The fourth-order valence-corrected chi connectivity index (χ4v) is 3.97. The second-order valence-electron chi connectivity index (χ2n) is 7.81. The number of nitrogens with zero attached hydrogens (tertiary/aromatic N) is 2. The molecule has 5 aromatic rings. The highest BCUT2D eigenvalue weighted by Gasteiger charge is 2.20. The van der Waals surface area contributed by atoms with E-state index in [0.29, 0.717) is 34.1 Å². The van der Waals surface area contributed by atoms with Crippen LogP contribution in [0.25, 0.3) is 22.2 Å². The van der Waals surface area contributed by atoms with Crippen molar-refractivity contribution in [3.05, 3.63) is 125 Å². The first-order valence-corrected chi connectivity index (χ1v) is 11.1. The Morgan fingerprint density at radius 2 is 1.45 bits per heavy atom. The number of rotatable bonds is 6. The summed E-state index contributed by atoms with van der Waals surface area (Å²) in [5.41, 5.74) is 5.15. The summed E-state index contributed by atoms with van der Waals surface area (Å²) in [6.07, 6.45) is 0. The summed E-state index contributed by atoms with van der Waals surface area (Å²) < 4.78 is 5.89. The van der Waals surface area contributed by atoms with E-state index in [1.807, 2.05) is 72.8 Å². The molecule has 4 aromatic carbocycles. The van der Waals surface area contributed by atoms with Gasteiger partial charge >= 0.3 is 0 Å². The summed E-state index contributed by atoms with van der Waals surface area (Å²) in [6, 6.07) is 33.0. The lowest BCUT2D eigenvalue weighted by Crippen LogP contribution is -2.30. The van der Waals surface area contributed by atoms with Gasteiger partial charge in [0.15, 0.2) is 5.58 Å². The van der Waals surface area contributed by atoms with Crippen LogP contribution in [0.15, 0.2) is 108 Å². The van der Waals surface area contributed by atoms with Crippen LogP contribution < -0.4 is 0 Å². The lowest BCUT2D eigenvalue weighted by atomic mass is 10.0. The quantitative estimate of drug-likeness (QED) is 0.279. The Balaban J connectivity index is 1.43. The van der Waals surface area contributed by atoms with Crippen molar-refractivity contribution >= 4 is 28.6 Å². The number of hydrogen-bond donors (Lipinski definition) is 0. The SMILES string of the molecule is O=C(c1ccc(-c2ccccc2)cc1)N(Cc1ccccc1)Cc1nc2cc(Cl)ccc2o1. The zero-order valence-corrected chi connectivity index (χ0v) is 18.6. The summed E-state index contributed by atoms with van der Waals surface area (Å²) in [5.74, 6) is 0.385. The Hall–Kier alpha value is -3.89. The first-order valence-electron chi connectivity index (χ1n) is 10.7. The highest BCUT2D eigenvalue weighted by atomic mass is 35.5. The molecule has 0 unspecified atom stereocenters. The number of aromatic nitrogens is 1. The maximum Gasteiger partial charge on any atom is 0.254 e. The maximum absolute atomic E-state index is 13.5. The fourth-order valence-electron chi connectivity index (χ4n) is 3.80. The number of benzene rings is 4. The maximum atomic E-state index is 13.5. The first-order chi connectivity index (χ1) is 16.2. The van der Waals surface area contributed by atoms with Crippen molar-refractivity contribution in [1.82, 2.24) is 9.88 Å². The van der Waals surface area contributed by atoms with Crippen molar-refractivity contribution in [3.8, 4) is 11.1 Å². The average Bonchev–Trinajstić information content (AvgIpc) is 3.26. The minimum atomic E-state index is -0.0845. The lowest BCUT2D eigenvalue weighted by molar-refractivity contribution is 0.0715. The molecule has 0 atom stereocenters. The van der Waals surface area contributed by atoms with Gasteiger partial charge in [-0.25, -0.2) is 4.98 Å². The molecule has 0 fully saturated rings. The van der Waals surface area contributed by atoms with E-state index in [-0.39, 0.29) is 12.5 Å². The number of fused-ring (bicyclic) bond motifs is 1. The Bertz CT molecular complexity index is 1380.